The highest BCUT2D eigenvalue weighted by Crippen LogP contribution is 2.40. The Kier molecular flexibility index (Phi) is 4.87. The van der Waals surface area contributed by atoms with Crippen LogP contribution in [0.2, 0.25) is 0 Å². The van der Waals surface area contributed by atoms with Gasteiger partial charge in [-0.3, -0.25) is 9.78 Å². The first kappa shape index (κ1) is 18.4. The topological polar surface area (TPSA) is 83.9 Å². The van der Waals surface area contributed by atoms with Crippen LogP contribution in [0.4, 0.5) is 5.82 Å². The number of anilines is 1. The van der Waals surface area contributed by atoms with Crippen molar-refractivity contribution in [2.75, 3.05) is 18.0 Å². The molecule has 1 unspecified atom stereocenters. The van der Waals surface area contributed by atoms with E-state index in [4.69, 9.17) is 9.97 Å². The number of amides is 1. The van der Waals surface area contributed by atoms with Gasteiger partial charge < -0.3 is 10.2 Å². The highest BCUT2D eigenvalue weighted by atomic mass is 32.1. The maximum absolute atomic E-state index is 12.5. The first-order chi connectivity index (χ1) is 14.2. The lowest BCUT2D eigenvalue weighted by atomic mass is 9.96. The number of nitrogens with one attached hydrogen (secondary N) is 1. The maximum atomic E-state index is 12.5. The van der Waals surface area contributed by atoms with E-state index in [1.807, 2.05) is 18.3 Å². The molecule has 3 aromatic rings. The molecule has 0 aromatic carbocycles. The fourth-order valence-corrected chi connectivity index (χ4v) is 5.74. The minimum atomic E-state index is -0.165. The molecule has 1 aliphatic carbocycles. The molecule has 0 saturated carbocycles. The maximum Gasteiger partial charge on any atom is 0.271 e. The first-order valence-corrected chi connectivity index (χ1v) is 11.1. The van der Waals surface area contributed by atoms with Gasteiger partial charge in [-0.05, 0) is 51.0 Å². The quantitative estimate of drug-likeness (QED) is 0.717. The molecule has 1 aliphatic heterocycles. The van der Waals surface area contributed by atoms with Gasteiger partial charge in [0.15, 0.2) is 0 Å². The number of nitrogens with zero attached hydrogens (tertiary/aromatic N) is 5. The van der Waals surface area contributed by atoms with Gasteiger partial charge in [-0.15, -0.1) is 11.3 Å². The predicted molar refractivity (Wildman–Crippen MR) is 114 cm³/mol. The third kappa shape index (κ3) is 3.57. The van der Waals surface area contributed by atoms with Crippen molar-refractivity contribution in [3.05, 3.63) is 40.5 Å². The monoisotopic (exact) mass is 408 g/mol. The molecular weight excluding hydrogens is 384 g/mol. The molecule has 150 valence electrons. The van der Waals surface area contributed by atoms with Crippen LogP contribution in [0.5, 0.6) is 0 Å². The number of hydrogen-bond acceptors (Lipinski definition) is 7. The molecule has 1 amide bonds. The lowest BCUT2D eigenvalue weighted by molar-refractivity contribution is 0.0927. The molecule has 29 heavy (non-hydrogen) atoms. The van der Waals surface area contributed by atoms with Gasteiger partial charge >= 0.3 is 0 Å². The summed E-state index contributed by atoms with van der Waals surface area (Å²) in [7, 11) is 0. The van der Waals surface area contributed by atoms with E-state index in [1.165, 1.54) is 34.9 Å². The SMILES string of the molecule is Cc1nc(N2CCCC(NC(=O)c3cnccn3)C2)c2c3c(sc2n1)CCCC3. The Morgan fingerprint density at radius 3 is 2.97 bits per heavy atom. The van der Waals surface area contributed by atoms with E-state index >= 15 is 0 Å². The van der Waals surface area contributed by atoms with Crippen LogP contribution in [0.1, 0.15) is 52.4 Å². The van der Waals surface area contributed by atoms with Crippen LogP contribution in [-0.4, -0.2) is 45.0 Å². The highest BCUT2D eigenvalue weighted by Gasteiger charge is 2.27. The lowest BCUT2D eigenvalue weighted by Gasteiger charge is -2.34. The van der Waals surface area contributed by atoms with Crippen LogP contribution >= 0.6 is 11.3 Å². The number of piperidine rings is 1. The summed E-state index contributed by atoms with van der Waals surface area (Å²) in [5.74, 6) is 1.70. The molecule has 0 spiro atoms. The Balaban J connectivity index is 1.43. The second-order valence-electron chi connectivity index (χ2n) is 7.83. The summed E-state index contributed by atoms with van der Waals surface area (Å²) in [5, 5.41) is 4.38. The summed E-state index contributed by atoms with van der Waals surface area (Å²) in [6.45, 7) is 3.68. The van der Waals surface area contributed by atoms with Crippen LogP contribution in [0.3, 0.4) is 0 Å². The van der Waals surface area contributed by atoms with Crippen molar-refractivity contribution >= 4 is 33.3 Å². The molecule has 7 nitrogen and oxygen atoms in total. The van der Waals surface area contributed by atoms with Gasteiger partial charge in [0.1, 0.15) is 22.2 Å². The Bertz CT molecular complexity index is 1050. The molecule has 1 fully saturated rings. The summed E-state index contributed by atoms with van der Waals surface area (Å²) in [6, 6.07) is 0.0676. The van der Waals surface area contributed by atoms with E-state index in [-0.39, 0.29) is 11.9 Å². The Morgan fingerprint density at radius 1 is 1.21 bits per heavy atom. The van der Waals surface area contributed by atoms with Crippen molar-refractivity contribution in [1.29, 1.82) is 0 Å². The van der Waals surface area contributed by atoms with Crippen LogP contribution in [0.25, 0.3) is 10.2 Å². The van der Waals surface area contributed by atoms with Crippen LogP contribution < -0.4 is 10.2 Å². The van der Waals surface area contributed by atoms with E-state index in [1.54, 1.807) is 12.4 Å². The largest absolute Gasteiger partial charge is 0.354 e. The molecule has 8 heteroatoms. The number of rotatable bonds is 3. The Labute approximate surface area is 173 Å². The van der Waals surface area contributed by atoms with Gasteiger partial charge in [-0.2, -0.15) is 0 Å². The summed E-state index contributed by atoms with van der Waals surface area (Å²) < 4.78 is 0. The van der Waals surface area contributed by atoms with Crippen molar-refractivity contribution in [2.24, 2.45) is 0 Å². The van der Waals surface area contributed by atoms with Crippen molar-refractivity contribution < 1.29 is 4.79 Å². The van der Waals surface area contributed by atoms with E-state index in [2.05, 4.69) is 20.2 Å². The molecule has 5 rings (SSSR count). The zero-order valence-electron chi connectivity index (χ0n) is 16.5. The molecule has 0 bridgehead atoms. The van der Waals surface area contributed by atoms with Crippen LogP contribution in [0.15, 0.2) is 18.6 Å². The molecule has 1 saturated heterocycles. The number of carbonyl (C=O) groups is 1. The molecule has 1 N–H and O–H groups in total. The first-order valence-electron chi connectivity index (χ1n) is 10.3. The van der Waals surface area contributed by atoms with Gasteiger partial charge in [-0.25, -0.2) is 15.0 Å². The lowest BCUT2D eigenvalue weighted by Crippen LogP contribution is -2.48. The van der Waals surface area contributed by atoms with Crippen molar-refractivity contribution in [1.82, 2.24) is 25.3 Å². The summed E-state index contributed by atoms with van der Waals surface area (Å²) in [6.07, 6.45) is 11.4. The second-order valence-corrected chi connectivity index (χ2v) is 8.92. The van der Waals surface area contributed by atoms with Crippen molar-refractivity contribution in [2.45, 2.75) is 51.5 Å². The van der Waals surface area contributed by atoms with Gasteiger partial charge in [0, 0.05) is 36.4 Å². The molecule has 0 radical (unpaired) electrons. The second kappa shape index (κ2) is 7.67. The number of hydrogen-bond donors (Lipinski definition) is 1. The average Bonchev–Trinajstić information content (AvgIpc) is 3.12. The molecular formula is C21H24N6OS. The van der Waals surface area contributed by atoms with Crippen molar-refractivity contribution in [3.63, 3.8) is 0 Å². The number of aryl methyl sites for hydroxylation is 3. The van der Waals surface area contributed by atoms with Gasteiger partial charge in [0.2, 0.25) is 0 Å². The summed E-state index contributed by atoms with van der Waals surface area (Å²) in [4.78, 5) is 35.2. The van der Waals surface area contributed by atoms with Crippen LogP contribution in [-0.2, 0) is 12.8 Å². The van der Waals surface area contributed by atoms with E-state index in [9.17, 15) is 4.79 Å². The third-order valence-electron chi connectivity index (χ3n) is 5.76. The predicted octanol–water partition coefficient (Wildman–Crippen LogP) is 3.07. The van der Waals surface area contributed by atoms with Crippen molar-refractivity contribution in [3.8, 4) is 0 Å². The Hall–Kier alpha value is -2.61. The molecule has 1 atom stereocenters. The van der Waals surface area contributed by atoms with Gasteiger partial charge in [0.25, 0.3) is 5.91 Å². The normalized spacial score (nSPS) is 19.2. The number of fused-ring (bicyclic) bond motifs is 3. The van der Waals surface area contributed by atoms with E-state index < -0.39 is 0 Å². The minimum Gasteiger partial charge on any atom is -0.354 e. The Morgan fingerprint density at radius 2 is 2.10 bits per heavy atom. The number of aromatic nitrogens is 4. The number of carbonyl (C=O) groups excluding carboxylic acids is 1. The van der Waals surface area contributed by atoms with Gasteiger partial charge in [0.05, 0.1) is 11.6 Å². The van der Waals surface area contributed by atoms with E-state index in [0.717, 1.165) is 55.2 Å². The summed E-state index contributed by atoms with van der Waals surface area (Å²) in [5.41, 5.74) is 1.81. The average molecular weight is 409 g/mol. The zero-order valence-corrected chi connectivity index (χ0v) is 17.3. The standard InChI is InChI=1S/C21H24N6OS/c1-13-24-19(18-15-6-2-3-7-17(15)29-21(18)25-13)27-10-4-5-14(12-27)26-20(28)16-11-22-8-9-23-16/h8-9,11,14H,2-7,10,12H2,1H3,(H,26,28). The smallest absolute Gasteiger partial charge is 0.271 e. The molecule has 4 heterocycles. The fourth-order valence-electron chi connectivity index (χ4n) is 4.43. The van der Waals surface area contributed by atoms with Crippen LogP contribution in [0, 0.1) is 6.92 Å². The minimum absolute atomic E-state index is 0.0676. The third-order valence-corrected chi connectivity index (χ3v) is 6.95. The fraction of sp³-hybridized carbons (Fsp3) is 0.476. The number of thiophene rings is 1. The van der Waals surface area contributed by atoms with E-state index in [0.29, 0.717) is 5.69 Å². The summed E-state index contributed by atoms with van der Waals surface area (Å²) >= 11 is 1.84. The zero-order chi connectivity index (χ0) is 19.8. The van der Waals surface area contributed by atoms with Gasteiger partial charge in [-0.1, -0.05) is 0 Å². The molecule has 2 aliphatic rings. The highest BCUT2D eigenvalue weighted by molar-refractivity contribution is 7.19. The molecule has 3 aromatic heterocycles.